The number of fused-ring (bicyclic) bond motifs is 2. The molecule has 3 aromatic carbocycles. The lowest BCUT2D eigenvalue weighted by molar-refractivity contribution is -0.124. The van der Waals surface area contributed by atoms with Gasteiger partial charge in [-0.2, -0.15) is 0 Å². The van der Waals surface area contributed by atoms with E-state index < -0.39 is 15.9 Å². The fourth-order valence-electron chi connectivity index (χ4n) is 5.62. The molecule has 1 unspecified atom stereocenters. The Balaban J connectivity index is 1.37. The van der Waals surface area contributed by atoms with Crippen LogP contribution in [0.5, 0.6) is 0 Å². The van der Waals surface area contributed by atoms with Gasteiger partial charge in [0, 0.05) is 56.0 Å². The summed E-state index contributed by atoms with van der Waals surface area (Å²) < 4.78 is 32.8. The summed E-state index contributed by atoms with van der Waals surface area (Å²) in [5.41, 5.74) is 8.44. The van der Waals surface area contributed by atoms with Gasteiger partial charge in [0.1, 0.15) is 0 Å². The van der Waals surface area contributed by atoms with Crippen molar-refractivity contribution in [1.82, 2.24) is 20.1 Å². The number of carbonyl (C=O) groups excluding carboxylic acids is 1. The van der Waals surface area contributed by atoms with Gasteiger partial charge in [0.25, 0.3) is 5.91 Å². The Labute approximate surface area is 246 Å². The van der Waals surface area contributed by atoms with Crippen LogP contribution in [0.15, 0.2) is 83.9 Å². The van der Waals surface area contributed by atoms with Crippen LogP contribution in [0.2, 0.25) is 0 Å². The molecule has 0 saturated carbocycles. The maximum Gasteiger partial charge on any atom is 0.267 e. The van der Waals surface area contributed by atoms with Crippen LogP contribution in [-0.2, 0) is 38.9 Å². The molecule has 0 spiro atoms. The van der Waals surface area contributed by atoms with E-state index in [1.807, 2.05) is 24.3 Å². The number of carbonyl (C=O) groups is 1. The molecule has 1 aliphatic carbocycles. The van der Waals surface area contributed by atoms with Crippen molar-refractivity contribution in [3.63, 3.8) is 0 Å². The summed E-state index contributed by atoms with van der Waals surface area (Å²) in [5, 5.41) is 9.99. The number of amides is 1. The molecular weight excluding hydrogens is 552 g/mol. The molecule has 10 heteroatoms. The highest BCUT2D eigenvalue weighted by Crippen LogP contribution is 2.37. The summed E-state index contributed by atoms with van der Waals surface area (Å²) in [7, 11) is -2.07. The maximum atomic E-state index is 12.6. The Bertz CT molecular complexity index is 1660. The minimum Gasteiger partial charge on any atom is -0.383 e. The molecule has 1 amide bonds. The van der Waals surface area contributed by atoms with Gasteiger partial charge in [-0.25, -0.2) is 18.6 Å². The van der Waals surface area contributed by atoms with Crippen molar-refractivity contribution in [3.8, 4) is 0 Å². The first-order valence-electron chi connectivity index (χ1n) is 14.0. The number of hydrogen-bond acceptors (Lipinski definition) is 6. The Morgan fingerprint density at radius 3 is 2.74 bits per heavy atom. The molecule has 5 rings (SSSR count). The standard InChI is InChI=1S/C32H36N4O5S/c1-41-19-17-34-42(39,40)27-11-6-24(7-12-27)22-36(18-16-26-21-33-30-5-3-2-4-28(26)30)31-14-10-25-20-23(8-13-29(25)31)9-15-32(37)35-38/h2-9,11-13,15,20-21,31,33-34,38H,10,14,16-19,22H2,1H3,(H,35,37)/b15-9+. The molecule has 0 radical (unpaired) electrons. The van der Waals surface area contributed by atoms with Crippen molar-refractivity contribution in [3.05, 3.63) is 107 Å². The maximum absolute atomic E-state index is 12.6. The number of H-pyrrole nitrogens is 1. The van der Waals surface area contributed by atoms with Crippen LogP contribution < -0.4 is 10.2 Å². The van der Waals surface area contributed by atoms with E-state index in [4.69, 9.17) is 9.94 Å². The molecule has 1 heterocycles. The monoisotopic (exact) mass is 588 g/mol. The summed E-state index contributed by atoms with van der Waals surface area (Å²) in [4.78, 5) is 17.5. The first-order chi connectivity index (χ1) is 20.4. The zero-order valence-electron chi connectivity index (χ0n) is 23.5. The molecule has 4 N–H and O–H groups in total. The third-order valence-corrected chi connectivity index (χ3v) is 9.23. The predicted octanol–water partition coefficient (Wildman–Crippen LogP) is 4.34. The van der Waals surface area contributed by atoms with E-state index in [2.05, 4.69) is 51.1 Å². The number of hydrogen-bond donors (Lipinski definition) is 4. The number of nitrogens with one attached hydrogen (secondary N) is 3. The van der Waals surface area contributed by atoms with Crippen LogP contribution in [0, 0.1) is 0 Å². The summed E-state index contributed by atoms with van der Waals surface area (Å²) in [6.07, 6.45) is 7.82. The third kappa shape index (κ3) is 6.97. The van der Waals surface area contributed by atoms with Gasteiger partial charge in [0.2, 0.25) is 10.0 Å². The predicted molar refractivity (Wildman–Crippen MR) is 162 cm³/mol. The number of ether oxygens (including phenoxy) is 1. The van der Waals surface area contributed by atoms with Gasteiger partial charge in [0.15, 0.2) is 0 Å². The van der Waals surface area contributed by atoms with Crippen molar-refractivity contribution in [1.29, 1.82) is 0 Å². The van der Waals surface area contributed by atoms with Gasteiger partial charge in [-0.3, -0.25) is 14.9 Å². The largest absolute Gasteiger partial charge is 0.383 e. The highest BCUT2D eigenvalue weighted by molar-refractivity contribution is 7.89. The Morgan fingerprint density at radius 1 is 1.14 bits per heavy atom. The van der Waals surface area contributed by atoms with Crippen molar-refractivity contribution < 1.29 is 23.2 Å². The Morgan fingerprint density at radius 2 is 1.95 bits per heavy atom. The van der Waals surface area contributed by atoms with Crippen LogP contribution in [0.25, 0.3) is 17.0 Å². The van der Waals surface area contributed by atoms with E-state index in [1.165, 1.54) is 35.3 Å². The van der Waals surface area contributed by atoms with Gasteiger partial charge in [-0.15, -0.1) is 0 Å². The first-order valence-corrected chi connectivity index (χ1v) is 15.5. The van der Waals surface area contributed by atoms with E-state index in [0.717, 1.165) is 42.5 Å². The van der Waals surface area contributed by atoms with Crippen molar-refractivity contribution >= 4 is 32.9 Å². The average molecular weight is 589 g/mol. The van der Waals surface area contributed by atoms with Crippen LogP contribution in [0.3, 0.4) is 0 Å². The molecule has 1 aromatic heterocycles. The fraction of sp³-hybridized carbons (Fsp3) is 0.281. The number of hydroxylamine groups is 1. The minimum absolute atomic E-state index is 0.197. The topological polar surface area (TPSA) is 124 Å². The number of aryl methyl sites for hydroxylation is 1. The van der Waals surface area contributed by atoms with E-state index in [9.17, 15) is 13.2 Å². The molecule has 42 heavy (non-hydrogen) atoms. The molecule has 220 valence electrons. The SMILES string of the molecule is COCCNS(=O)(=O)c1ccc(CN(CCc2c[nH]c3ccccc23)C2CCc3cc(/C=C/C(=O)NO)ccc32)cc1. The molecule has 0 saturated heterocycles. The Kier molecular flexibility index (Phi) is 9.51. The smallest absolute Gasteiger partial charge is 0.267 e. The summed E-state index contributed by atoms with van der Waals surface area (Å²) in [6, 6.07) is 21.8. The summed E-state index contributed by atoms with van der Waals surface area (Å²) >= 11 is 0. The van der Waals surface area contributed by atoms with Gasteiger partial charge < -0.3 is 9.72 Å². The van der Waals surface area contributed by atoms with Gasteiger partial charge in [0.05, 0.1) is 11.5 Å². The third-order valence-electron chi connectivity index (χ3n) is 7.75. The van der Waals surface area contributed by atoms with E-state index >= 15 is 0 Å². The van der Waals surface area contributed by atoms with Crippen LogP contribution in [0.1, 0.15) is 40.3 Å². The summed E-state index contributed by atoms with van der Waals surface area (Å²) in [5.74, 6) is -0.568. The second-order valence-electron chi connectivity index (χ2n) is 10.4. The number of aromatic amines is 1. The number of benzene rings is 3. The highest BCUT2D eigenvalue weighted by Gasteiger charge is 2.28. The quantitative estimate of drug-likeness (QED) is 0.0798. The number of nitrogens with zero attached hydrogens (tertiary/aromatic N) is 1. The van der Waals surface area contributed by atoms with Gasteiger partial charge >= 0.3 is 0 Å². The van der Waals surface area contributed by atoms with Crippen molar-refractivity contribution in [2.75, 3.05) is 26.8 Å². The normalized spacial score (nSPS) is 15.1. The van der Waals surface area contributed by atoms with Gasteiger partial charge in [-0.1, -0.05) is 48.5 Å². The van der Waals surface area contributed by atoms with Crippen LogP contribution in [-0.4, -0.2) is 56.2 Å². The van der Waals surface area contributed by atoms with Crippen LogP contribution in [0.4, 0.5) is 0 Å². The zero-order valence-corrected chi connectivity index (χ0v) is 24.4. The number of rotatable bonds is 13. The first kappa shape index (κ1) is 29.7. The lowest BCUT2D eigenvalue weighted by atomic mass is 10.0. The second kappa shape index (κ2) is 13.5. The zero-order chi connectivity index (χ0) is 29.5. The minimum atomic E-state index is -3.60. The second-order valence-corrected chi connectivity index (χ2v) is 12.2. The lowest BCUT2D eigenvalue weighted by Crippen LogP contribution is -2.29. The molecule has 0 bridgehead atoms. The van der Waals surface area contributed by atoms with E-state index in [-0.39, 0.29) is 17.5 Å². The molecular formula is C32H36N4O5S. The van der Waals surface area contributed by atoms with Crippen molar-refractivity contribution in [2.45, 2.75) is 36.7 Å². The summed E-state index contributed by atoms with van der Waals surface area (Å²) in [6.45, 7) is 2.02. The highest BCUT2D eigenvalue weighted by atomic mass is 32.2. The van der Waals surface area contributed by atoms with E-state index in [0.29, 0.717) is 13.2 Å². The molecule has 1 aliphatic rings. The number of methoxy groups -OCH3 is 1. The molecule has 0 aliphatic heterocycles. The average Bonchev–Trinajstić information content (AvgIpc) is 3.62. The number of aromatic nitrogens is 1. The van der Waals surface area contributed by atoms with Gasteiger partial charge in [-0.05, 0) is 71.4 Å². The Hall–Kier alpha value is -3.80. The molecule has 1 atom stereocenters. The number of sulfonamides is 1. The van der Waals surface area contributed by atoms with Crippen molar-refractivity contribution in [2.24, 2.45) is 0 Å². The fourth-order valence-corrected chi connectivity index (χ4v) is 6.64. The van der Waals surface area contributed by atoms with E-state index in [1.54, 1.807) is 23.7 Å². The lowest BCUT2D eigenvalue weighted by Gasteiger charge is -2.30. The van der Waals surface area contributed by atoms with Crippen LogP contribution >= 0.6 is 0 Å². The molecule has 9 nitrogen and oxygen atoms in total. The molecule has 4 aromatic rings. The molecule has 0 fully saturated rings. The number of para-hydroxylation sites is 1.